The molecule has 162 valence electrons. The van der Waals surface area contributed by atoms with Gasteiger partial charge in [-0.05, 0) is 35.9 Å². The summed E-state index contributed by atoms with van der Waals surface area (Å²) in [4.78, 5) is 38.2. The van der Waals surface area contributed by atoms with Crippen LogP contribution in [0.4, 0.5) is 0 Å². The number of benzene rings is 1. The van der Waals surface area contributed by atoms with Crippen molar-refractivity contribution in [2.75, 3.05) is 0 Å². The van der Waals surface area contributed by atoms with Gasteiger partial charge in [0.15, 0.2) is 11.2 Å². The van der Waals surface area contributed by atoms with Crippen molar-refractivity contribution >= 4 is 33.7 Å². The molecule has 0 aliphatic heterocycles. The van der Waals surface area contributed by atoms with Gasteiger partial charge < -0.3 is 15.3 Å². The molecule has 10 heteroatoms. The van der Waals surface area contributed by atoms with Crippen LogP contribution >= 0.6 is 11.6 Å². The van der Waals surface area contributed by atoms with E-state index in [1.807, 2.05) is 18.2 Å². The van der Waals surface area contributed by atoms with Crippen molar-refractivity contribution in [1.82, 2.24) is 28.7 Å². The highest BCUT2D eigenvalue weighted by Gasteiger charge is 2.23. The molecule has 1 atom stereocenters. The van der Waals surface area contributed by atoms with Crippen molar-refractivity contribution in [3.05, 3.63) is 91.7 Å². The van der Waals surface area contributed by atoms with Gasteiger partial charge in [0, 0.05) is 48.1 Å². The van der Waals surface area contributed by atoms with E-state index in [1.165, 1.54) is 9.13 Å². The van der Waals surface area contributed by atoms with E-state index in [9.17, 15) is 9.59 Å². The Morgan fingerprint density at radius 1 is 1.12 bits per heavy atom. The second-order valence-corrected chi connectivity index (χ2v) is 8.10. The summed E-state index contributed by atoms with van der Waals surface area (Å²) in [5.41, 5.74) is 8.45. The van der Waals surface area contributed by atoms with E-state index in [2.05, 4.69) is 15.0 Å². The maximum Gasteiger partial charge on any atom is 0.332 e. The Hall–Kier alpha value is -3.69. The molecule has 32 heavy (non-hydrogen) atoms. The second kappa shape index (κ2) is 7.47. The number of rotatable bonds is 4. The number of aromatic nitrogens is 6. The monoisotopic (exact) mass is 449 g/mol. The van der Waals surface area contributed by atoms with Gasteiger partial charge >= 0.3 is 5.69 Å². The van der Waals surface area contributed by atoms with Crippen LogP contribution in [0.2, 0.25) is 5.02 Å². The molecule has 9 nitrogen and oxygen atoms in total. The van der Waals surface area contributed by atoms with Crippen LogP contribution in [0, 0.1) is 0 Å². The SMILES string of the molecule is Cn1c(C(N)c2ccncc2)nc2c1c(=O)n(Cc1cc3c(Cl)cccc3[nH]1)c(=O)n2C. The summed E-state index contributed by atoms with van der Waals surface area (Å²) in [5, 5.41) is 1.43. The summed E-state index contributed by atoms with van der Waals surface area (Å²) in [6, 6.07) is 10.4. The Bertz CT molecular complexity index is 1590. The summed E-state index contributed by atoms with van der Waals surface area (Å²) >= 11 is 6.26. The highest BCUT2D eigenvalue weighted by atomic mass is 35.5. The van der Waals surface area contributed by atoms with Gasteiger partial charge in [-0.2, -0.15) is 0 Å². The number of imidazole rings is 1. The van der Waals surface area contributed by atoms with Crippen molar-refractivity contribution in [3.8, 4) is 0 Å². The zero-order chi connectivity index (χ0) is 22.6. The van der Waals surface area contributed by atoms with Gasteiger partial charge in [0.2, 0.25) is 0 Å². The number of hydrogen-bond donors (Lipinski definition) is 2. The molecule has 0 aliphatic rings. The molecule has 0 radical (unpaired) electrons. The van der Waals surface area contributed by atoms with Gasteiger partial charge in [-0.15, -0.1) is 0 Å². The van der Waals surface area contributed by atoms with Gasteiger partial charge in [0.1, 0.15) is 5.82 Å². The minimum absolute atomic E-state index is 0.0728. The number of aryl methyl sites for hydroxylation is 2. The Labute approximate surface area is 186 Å². The molecule has 5 rings (SSSR count). The summed E-state index contributed by atoms with van der Waals surface area (Å²) in [6.45, 7) is 0.0728. The third-order valence-corrected chi connectivity index (χ3v) is 6.06. The van der Waals surface area contributed by atoms with Crippen molar-refractivity contribution in [3.63, 3.8) is 0 Å². The van der Waals surface area contributed by atoms with Gasteiger partial charge in [-0.1, -0.05) is 17.7 Å². The van der Waals surface area contributed by atoms with Gasteiger partial charge in [-0.3, -0.25) is 18.9 Å². The maximum absolute atomic E-state index is 13.4. The number of halogens is 1. The van der Waals surface area contributed by atoms with Crippen LogP contribution in [0.15, 0.2) is 58.4 Å². The molecular formula is C22H20ClN7O2. The van der Waals surface area contributed by atoms with E-state index in [1.54, 1.807) is 49.3 Å². The molecule has 3 N–H and O–H groups in total. The average Bonchev–Trinajstić information content (AvgIpc) is 3.37. The molecule has 4 aromatic heterocycles. The number of aromatic amines is 1. The Morgan fingerprint density at radius 2 is 1.88 bits per heavy atom. The second-order valence-electron chi connectivity index (χ2n) is 7.69. The smallest absolute Gasteiger partial charge is 0.332 e. The number of nitrogens with zero attached hydrogens (tertiary/aromatic N) is 5. The summed E-state index contributed by atoms with van der Waals surface area (Å²) in [6.07, 6.45) is 3.29. The van der Waals surface area contributed by atoms with Gasteiger partial charge in [-0.25, -0.2) is 9.78 Å². The van der Waals surface area contributed by atoms with Crippen LogP contribution in [0.3, 0.4) is 0 Å². The summed E-state index contributed by atoms with van der Waals surface area (Å²) in [7, 11) is 3.32. The molecule has 0 fully saturated rings. The first-order valence-electron chi connectivity index (χ1n) is 9.94. The number of nitrogens with two attached hydrogens (primary N) is 1. The summed E-state index contributed by atoms with van der Waals surface area (Å²) < 4.78 is 4.21. The number of pyridine rings is 1. The fourth-order valence-electron chi connectivity index (χ4n) is 4.03. The normalized spacial score (nSPS) is 12.6. The quantitative estimate of drug-likeness (QED) is 0.435. The van der Waals surface area contributed by atoms with Crippen LogP contribution in [0.5, 0.6) is 0 Å². The maximum atomic E-state index is 13.4. The van der Waals surface area contributed by atoms with Gasteiger partial charge in [0.05, 0.1) is 12.6 Å². The van der Waals surface area contributed by atoms with E-state index in [-0.39, 0.29) is 12.2 Å². The fourth-order valence-corrected chi connectivity index (χ4v) is 4.26. The van der Waals surface area contributed by atoms with E-state index in [0.29, 0.717) is 22.1 Å². The highest BCUT2D eigenvalue weighted by molar-refractivity contribution is 6.35. The summed E-state index contributed by atoms with van der Waals surface area (Å²) in [5.74, 6) is 0.480. The molecule has 0 aliphatic carbocycles. The van der Waals surface area contributed by atoms with Crippen LogP contribution in [-0.4, -0.2) is 28.7 Å². The number of H-pyrrole nitrogens is 1. The van der Waals surface area contributed by atoms with Crippen LogP contribution in [0.25, 0.3) is 22.1 Å². The minimum atomic E-state index is -0.575. The number of fused-ring (bicyclic) bond motifs is 2. The van der Waals surface area contributed by atoms with Gasteiger partial charge in [0.25, 0.3) is 5.56 Å². The molecule has 1 unspecified atom stereocenters. The Balaban J connectivity index is 1.66. The third-order valence-electron chi connectivity index (χ3n) is 5.73. The lowest BCUT2D eigenvalue weighted by Gasteiger charge is -2.11. The molecular weight excluding hydrogens is 430 g/mol. The molecule has 0 saturated carbocycles. The average molecular weight is 450 g/mol. The zero-order valence-electron chi connectivity index (χ0n) is 17.4. The van der Waals surface area contributed by atoms with Crippen LogP contribution < -0.4 is 17.0 Å². The van der Waals surface area contributed by atoms with Crippen LogP contribution in [-0.2, 0) is 20.6 Å². The predicted octanol–water partition coefficient (Wildman–Crippen LogP) is 2.06. The van der Waals surface area contributed by atoms with E-state index in [4.69, 9.17) is 17.3 Å². The van der Waals surface area contributed by atoms with Crippen molar-refractivity contribution in [1.29, 1.82) is 0 Å². The largest absolute Gasteiger partial charge is 0.357 e. The first-order valence-corrected chi connectivity index (χ1v) is 10.3. The van der Waals surface area contributed by atoms with E-state index in [0.717, 1.165) is 16.5 Å². The van der Waals surface area contributed by atoms with Crippen molar-refractivity contribution in [2.45, 2.75) is 12.6 Å². The lowest BCUT2D eigenvalue weighted by atomic mass is 10.1. The standard InChI is InChI=1S/C22H20ClN7O2/c1-28-18-20(27-19(28)17(24)12-6-8-25-9-7-12)29(2)22(32)30(21(18)31)11-13-10-14-15(23)4-3-5-16(14)26-13/h3-10,17,26H,11,24H2,1-2H3. The Kier molecular flexibility index (Phi) is 4.72. The fraction of sp³-hybridized carbons (Fsp3) is 0.182. The number of hydrogen-bond acceptors (Lipinski definition) is 5. The van der Waals surface area contributed by atoms with Crippen molar-refractivity contribution in [2.24, 2.45) is 19.8 Å². The molecule has 1 aromatic carbocycles. The molecule has 0 spiro atoms. The molecule has 0 bridgehead atoms. The van der Waals surface area contributed by atoms with Crippen LogP contribution in [0.1, 0.15) is 23.1 Å². The molecule has 0 amide bonds. The molecule has 5 aromatic rings. The first-order chi connectivity index (χ1) is 15.4. The molecule has 4 heterocycles. The lowest BCUT2D eigenvalue weighted by molar-refractivity contribution is 0.648. The van der Waals surface area contributed by atoms with E-state index >= 15 is 0 Å². The Morgan fingerprint density at radius 3 is 2.59 bits per heavy atom. The topological polar surface area (TPSA) is 117 Å². The molecule has 0 saturated heterocycles. The minimum Gasteiger partial charge on any atom is -0.357 e. The van der Waals surface area contributed by atoms with Crippen molar-refractivity contribution < 1.29 is 0 Å². The zero-order valence-corrected chi connectivity index (χ0v) is 18.2. The third kappa shape index (κ3) is 3.05. The number of nitrogens with one attached hydrogen (secondary N) is 1. The predicted molar refractivity (Wildman–Crippen MR) is 123 cm³/mol. The first kappa shape index (κ1) is 20.2. The highest BCUT2D eigenvalue weighted by Crippen LogP contribution is 2.24. The van der Waals surface area contributed by atoms with E-state index < -0.39 is 17.3 Å². The lowest BCUT2D eigenvalue weighted by Crippen LogP contribution is -2.39.